The van der Waals surface area contributed by atoms with E-state index in [1.165, 1.54) is 5.56 Å². The third-order valence-electron chi connectivity index (χ3n) is 3.63. The highest BCUT2D eigenvalue weighted by Crippen LogP contribution is 2.29. The molecule has 3 nitrogen and oxygen atoms in total. The quantitative estimate of drug-likeness (QED) is 0.522. The summed E-state index contributed by atoms with van der Waals surface area (Å²) in [5.74, 6) is 0. The summed E-state index contributed by atoms with van der Waals surface area (Å²) >= 11 is 0. The van der Waals surface area contributed by atoms with Crippen molar-refractivity contribution < 1.29 is 0 Å². The van der Waals surface area contributed by atoms with Gasteiger partial charge in [0.15, 0.2) is 0 Å². The van der Waals surface area contributed by atoms with Gasteiger partial charge in [0.25, 0.3) is 0 Å². The van der Waals surface area contributed by atoms with Crippen LogP contribution in [-0.4, -0.2) is 15.0 Å². The predicted octanol–water partition coefficient (Wildman–Crippen LogP) is 4.15. The van der Waals surface area contributed by atoms with Gasteiger partial charge in [0.05, 0.1) is 16.6 Å². The van der Waals surface area contributed by atoms with Gasteiger partial charge in [-0.05, 0) is 42.3 Å². The monoisotopic (exact) mass is 271 g/mol. The average molecular weight is 271 g/mol. The lowest BCUT2D eigenvalue weighted by Gasteiger charge is -2.08. The first-order valence-corrected chi connectivity index (χ1v) is 6.88. The Hall–Kier alpha value is -2.81. The lowest BCUT2D eigenvalue weighted by molar-refractivity contribution is 1.28. The minimum atomic E-state index is 0.925. The van der Waals surface area contributed by atoms with Crippen LogP contribution in [0.4, 0.5) is 0 Å². The van der Waals surface area contributed by atoms with Gasteiger partial charge in [0, 0.05) is 29.5 Å². The summed E-state index contributed by atoms with van der Waals surface area (Å²) in [6.45, 7) is 2.08. The molecule has 4 aromatic rings. The first-order chi connectivity index (χ1) is 10.3. The molecule has 2 aromatic heterocycles. The van der Waals surface area contributed by atoms with Crippen molar-refractivity contribution in [2.75, 3.05) is 0 Å². The normalized spacial score (nSPS) is 11.1. The largest absolute Gasteiger partial charge is 0.256 e. The number of hydrogen-bond donors (Lipinski definition) is 0. The zero-order valence-electron chi connectivity index (χ0n) is 11.6. The van der Waals surface area contributed by atoms with E-state index in [-0.39, 0.29) is 0 Å². The van der Waals surface area contributed by atoms with Crippen molar-refractivity contribution in [1.82, 2.24) is 15.0 Å². The first-order valence-electron chi connectivity index (χ1n) is 6.88. The number of aromatic nitrogens is 3. The van der Waals surface area contributed by atoms with Gasteiger partial charge in [-0.3, -0.25) is 15.0 Å². The minimum Gasteiger partial charge on any atom is -0.256 e. The van der Waals surface area contributed by atoms with E-state index in [4.69, 9.17) is 0 Å². The van der Waals surface area contributed by atoms with Crippen LogP contribution in [0.3, 0.4) is 0 Å². The lowest BCUT2D eigenvalue weighted by atomic mass is 10.00. The van der Waals surface area contributed by atoms with Gasteiger partial charge < -0.3 is 0 Å². The fraction of sp³-hybridized carbons (Fsp3) is 0.0556. The molecule has 0 spiro atoms. The Morgan fingerprint density at radius 3 is 2.57 bits per heavy atom. The van der Waals surface area contributed by atoms with Crippen molar-refractivity contribution in [3.8, 4) is 11.1 Å². The predicted molar refractivity (Wildman–Crippen MR) is 85.0 cm³/mol. The average Bonchev–Trinajstić information content (AvgIpc) is 2.53. The molecule has 0 fully saturated rings. The third kappa shape index (κ3) is 2.03. The maximum Gasteiger partial charge on any atom is 0.0965 e. The number of hydrogen-bond acceptors (Lipinski definition) is 3. The molecule has 0 bridgehead atoms. The Labute approximate surface area is 122 Å². The zero-order chi connectivity index (χ0) is 14.2. The van der Waals surface area contributed by atoms with Crippen LogP contribution < -0.4 is 0 Å². The van der Waals surface area contributed by atoms with Crippen LogP contribution in [0.5, 0.6) is 0 Å². The van der Waals surface area contributed by atoms with Crippen molar-refractivity contribution in [2.24, 2.45) is 0 Å². The lowest BCUT2D eigenvalue weighted by Crippen LogP contribution is -1.89. The van der Waals surface area contributed by atoms with Gasteiger partial charge in [0.2, 0.25) is 0 Å². The second-order valence-corrected chi connectivity index (χ2v) is 5.15. The van der Waals surface area contributed by atoms with E-state index in [1.54, 1.807) is 12.4 Å². The highest BCUT2D eigenvalue weighted by atomic mass is 14.8. The maximum absolute atomic E-state index is 4.50. The Morgan fingerprint density at radius 2 is 1.62 bits per heavy atom. The van der Waals surface area contributed by atoms with E-state index < -0.39 is 0 Å². The van der Waals surface area contributed by atoms with Crippen LogP contribution in [-0.2, 0) is 0 Å². The van der Waals surface area contributed by atoms with Crippen LogP contribution >= 0.6 is 0 Å². The fourth-order valence-corrected chi connectivity index (χ4v) is 2.67. The highest BCUT2D eigenvalue weighted by Gasteiger charge is 2.08. The van der Waals surface area contributed by atoms with Crippen LogP contribution in [0.15, 0.2) is 61.1 Å². The molecule has 0 saturated heterocycles. The van der Waals surface area contributed by atoms with Crippen molar-refractivity contribution >= 4 is 21.9 Å². The van der Waals surface area contributed by atoms with Gasteiger partial charge in [-0.15, -0.1) is 0 Å². The molecule has 2 heterocycles. The molecule has 0 aliphatic rings. The summed E-state index contributed by atoms with van der Waals surface area (Å²) in [6, 6.07) is 14.6. The second kappa shape index (κ2) is 4.63. The van der Waals surface area contributed by atoms with Crippen LogP contribution in [0.1, 0.15) is 5.56 Å². The van der Waals surface area contributed by atoms with Gasteiger partial charge in [-0.1, -0.05) is 18.2 Å². The van der Waals surface area contributed by atoms with Crippen molar-refractivity contribution in [1.29, 1.82) is 0 Å². The van der Waals surface area contributed by atoms with Crippen LogP contribution in [0.25, 0.3) is 33.1 Å². The summed E-state index contributed by atoms with van der Waals surface area (Å²) in [7, 11) is 0. The van der Waals surface area contributed by atoms with Crippen molar-refractivity contribution in [3.63, 3.8) is 0 Å². The molecule has 0 N–H and O–H groups in total. The molecule has 0 unspecified atom stereocenters. The summed E-state index contributed by atoms with van der Waals surface area (Å²) < 4.78 is 0. The van der Waals surface area contributed by atoms with Crippen LogP contribution in [0.2, 0.25) is 0 Å². The summed E-state index contributed by atoms with van der Waals surface area (Å²) in [5, 5.41) is 1.14. The number of fused-ring (bicyclic) bond motifs is 2. The molecule has 2 aromatic carbocycles. The maximum atomic E-state index is 4.50. The van der Waals surface area contributed by atoms with E-state index in [2.05, 4.69) is 58.3 Å². The minimum absolute atomic E-state index is 0.925. The fourth-order valence-electron chi connectivity index (χ4n) is 2.67. The molecule has 0 atom stereocenters. The molecule has 0 amide bonds. The summed E-state index contributed by atoms with van der Waals surface area (Å²) in [6.07, 6.45) is 5.29. The number of rotatable bonds is 1. The zero-order valence-corrected chi connectivity index (χ0v) is 11.6. The first kappa shape index (κ1) is 12.0. The molecule has 3 heteroatoms. The molecule has 100 valence electrons. The van der Waals surface area contributed by atoms with Gasteiger partial charge >= 0.3 is 0 Å². The Bertz CT molecular complexity index is 961. The smallest absolute Gasteiger partial charge is 0.0965 e. The SMILES string of the molecule is Cc1cc(-c2ccc3cccnc3c2)c2nccnc2c1. The molecular formula is C18H13N3. The number of benzene rings is 2. The van der Waals surface area contributed by atoms with E-state index in [9.17, 15) is 0 Å². The molecule has 21 heavy (non-hydrogen) atoms. The number of nitrogens with zero attached hydrogens (tertiary/aromatic N) is 3. The van der Waals surface area contributed by atoms with Crippen molar-refractivity contribution in [3.05, 3.63) is 66.6 Å². The number of pyridine rings is 1. The molecule has 4 rings (SSSR count). The van der Waals surface area contributed by atoms with E-state index >= 15 is 0 Å². The van der Waals surface area contributed by atoms with Crippen LogP contribution in [0, 0.1) is 6.92 Å². The molecule has 0 saturated carbocycles. The molecular weight excluding hydrogens is 258 g/mol. The molecule has 0 aliphatic carbocycles. The Kier molecular flexibility index (Phi) is 2.64. The second-order valence-electron chi connectivity index (χ2n) is 5.15. The van der Waals surface area contributed by atoms with Crippen molar-refractivity contribution in [2.45, 2.75) is 6.92 Å². The van der Waals surface area contributed by atoms with Gasteiger partial charge in [-0.25, -0.2) is 0 Å². The van der Waals surface area contributed by atoms with E-state index in [1.807, 2.05) is 12.3 Å². The third-order valence-corrected chi connectivity index (χ3v) is 3.63. The molecule has 0 aliphatic heterocycles. The standard InChI is InChI=1S/C18H13N3/c1-12-9-15(18-17(10-12)20-7-8-21-18)14-5-4-13-3-2-6-19-16(13)11-14/h2-11H,1H3. The number of aryl methyl sites for hydroxylation is 1. The highest BCUT2D eigenvalue weighted by molar-refractivity contribution is 5.94. The Balaban J connectivity index is 2.03. The summed E-state index contributed by atoms with van der Waals surface area (Å²) in [5.41, 5.74) is 6.25. The Morgan fingerprint density at radius 1 is 0.762 bits per heavy atom. The van der Waals surface area contributed by atoms with Gasteiger partial charge in [-0.2, -0.15) is 0 Å². The van der Waals surface area contributed by atoms with E-state index in [0.717, 1.165) is 33.1 Å². The summed E-state index contributed by atoms with van der Waals surface area (Å²) in [4.78, 5) is 13.3. The molecule has 0 radical (unpaired) electrons. The van der Waals surface area contributed by atoms with Gasteiger partial charge in [0.1, 0.15) is 0 Å². The van der Waals surface area contributed by atoms with E-state index in [0.29, 0.717) is 0 Å². The topological polar surface area (TPSA) is 38.7 Å².